The lowest BCUT2D eigenvalue weighted by atomic mass is 10.3. The molecule has 0 aromatic carbocycles. The number of hydrogen-bond donors (Lipinski definition) is 8. The number of nitrogens with zero attached hydrogens (tertiary/aromatic N) is 4. The first-order valence-electron chi connectivity index (χ1n) is 11.6. The second-order valence-corrected chi connectivity index (χ2v) is 10.4. The molecule has 0 radical (unpaired) electrons. The van der Waals surface area contributed by atoms with E-state index < -0.39 is 27.5 Å². The van der Waals surface area contributed by atoms with Crippen LogP contribution in [0, 0.1) is 0 Å². The average Bonchev–Trinajstić information content (AvgIpc) is 3.58. The van der Waals surface area contributed by atoms with E-state index in [-0.39, 0.29) is 33.0 Å². The summed E-state index contributed by atoms with van der Waals surface area (Å²) in [6.45, 7) is 1.01. The maximum absolute atomic E-state index is 12.2. The van der Waals surface area contributed by atoms with E-state index in [1.807, 2.05) is 11.1 Å². The van der Waals surface area contributed by atoms with E-state index in [0.717, 1.165) is 17.1 Å². The highest BCUT2D eigenvalue weighted by atomic mass is 32.3. The van der Waals surface area contributed by atoms with Gasteiger partial charge in [0.05, 0.1) is 56.7 Å². The molecule has 0 aliphatic carbocycles. The minimum Gasteiger partial charge on any atom is -0.360 e. The Morgan fingerprint density at radius 1 is 0.744 bits per heavy atom. The van der Waals surface area contributed by atoms with Crippen molar-refractivity contribution in [3.05, 3.63) is 35.7 Å². The lowest BCUT2D eigenvalue weighted by Crippen LogP contribution is -2.43. The number of ether oxygens (including phenoxy) is 1. The largest absolute Gasteiger partial charge is 0.397 e. The minimum atomic E-state index is -4.53. The zero-order chi connectivity index (χ0) is 28.3. The molecule has 3 rings (SSSR count). The molecular formula is C17H33FN10O9S2. The van der Waals surface area contributed by atoms with Crippen LogP contribution in [-0.2, 0) is 33.9 Å². The highest BCUT2D eigenvalue weighted by Crippen LogP contribution is 2.11. The van der Waals surface area contributed by atoms with Crippen LogP contribution in [0.25, 0.3) is 0 Å². The van der Waals surface area contributed by atoms with Crippen LogP contribution < -0.4 is 32.9 Å². The SMILES string of the molecule is O=S(=O)(O)OCCN1C=C(CN(CC2=CN(CCOS(=O)(=O)O)NN2)CC2=CN(COCCCF)NN2)NN1. The van der Waals surface area contributed by atoms with Crippen molar-refractivity contribution in [3.63, 3.8) is 0 Å². The Hall–Kier alpha value is -2.51. The van der Waals surface area contributed by atoms with Gasteiger partial charge in [0, 0.05) is 38.2 Å². The Morgan fingerprint density at radius 3 is 1.62 bits per heavy atom. The fraction of sp³-hybridized carbons (Fsp3) is 0.647. The highest BCUT2D eigenvalue weighted by Gasteiger charge is 2.22. The van der Waals surface area contributed by atoms with Gasteiger partial charge in [0.25, 0.3) is 0 Å². The van der Waals surface area contributed by atoms with Crippen LogP contribution in [0.5, 0.6) is 0 Å². The average molecular weight is 605 g/mol. The Morgan fingerprint density at radius 2 is 1.18 bits per heavy atom. The summed E-state index contributed by atoms with van der Waals surface area (Å²) < 4.78 is 86.6. The predicted molar refractivity (Wildman–Crippen MR) is 131 cm³/mol. The van der Waals surface area contributed by atoms with Crippen molar-refractivity contribution in [2.75, 3.05) is 65.9 Å². The molecule has 0 atom stereocenters. The molecule has 19 nitrogen and oxygen atoms in total. The van der Waals surface area contributed by atoms with Gasteiger partial charge in [-0.25, -0.2) is 8.37 Å². The molecule has 22 heteroatoms. The zero-order valence-electron chi connectivity index (χ0n) is 20.7. The zero-order valence-corrected chi connectivity index (χ0v) is 22.4. The van der Waals surface area contributed by atoms with E-state index in [1.54, 1.807) is 27.4 Å². The summed E-state index contributed by atoms with van der Waals surface area (Å²) >= 11 is 0. The van der Waals surface area contributed by atoms with Gasteiger partial charge in [-0.3, -0.25) is 33.4 Å². The molecule has 0 saturated heterocycles. The van der Waals surface area contributed by atoms with E-state index in [9.17, 15) is 21.2 Å². The molecule has 3 heterocycles. The first-order valence-corrected chi connectivity index (χ1v) is 14.3. The van der Waals surface area contributed by atoms with Gasteiger partial charge in [-0.1, -0.05) is 0 Å². The second-order valence-electron chi connectivity index (χ2n) is 8.25. The third-order valence-corrected chi connectivity index (χ3v) is 5.91. The van der Waals surface area contributed by atoms with Gasteiger partial charge in [0.2, 0.25) is 0 Å². The van der Waals surface area contributed by atoms with Crippen LogP contribution in [0.4, 0.5) is 4.39 Å². The normalized spacial score (nSPS) is 17.7. The lowest BCUT2D eigenvalue weighted by molar-refractivity contribution is 0.0268. The van der Waals surface area contributed by atoms with E-state index >= 15 is 0 Å². The Balaban J connectivity index is 1.57. The molecule has 3 aliphatic heterocycles. The molecule has 0 amide bonds. The smallest absolute Gasteiger partial charge is 0.360 e. The molecule has 0 saturated carbocycles. The van der Waals surface area contributed by atoms with Gasteiger partial charge in [-0.2, -0.15) is 16.8 Å². The summed E-state index contributed by atoms with van der Waals surface area (Å²) in [5, 5.41) is 4.77. The van der Waals surface area contributed by atoms with E-state index in [2.05, 4.69) is 41.2 Å². The van der Waals surface area contributed by atoms with Crippen LogP contribution in [0.15, 0.2) is 35.7 Å². The molecule has 0 aromatic rings. The number of hydrazine groups is 6. The van der Waals surface area contributed by atoms with Crippen molar-refractivity contribution < 1.29 is 43.4 Å². The van der Waals surface area contributed by atoms with Crippen molar-refractivity contribution in [3.8, 4) is 0 Å². The van der Waals surface area contributed by atoms with Gasteiger partial charge in [-0.15, -0.1) is 16.6 Å². The monoisotopic (exact) mass is 604 g/mol. The number of rotatable bonds is 19. The fourth-order valence-corrected chi connectivity index (χ4v) is 4.00. The van der Waals surface area contributed by atoms with Crippen molar-refractivity contribution in [1.82, 2.24) is 52.8 Å². The molecule has 0 fully saturated rings. The standard InChI is InChI=1S/C17H33FN10O9S2/c18-2-1-5-35-14-28-13-17(21-24-28)10-25(8-15-11-26(22-19-15)3-6-36-38(29,30)31)9-16-12-27(23-20-16)4-7-37-39(32,33)34/h11-13,19-24H,1-10,14H2,(H,29,30,31)(H,32,33,34). The van der Waals surface area contributed by atoms with Crippen molar-refractivity contribution in [1.29, 1.82) is 0 Å². The third kappa shape index (κ3) is 12.5. The summed E-state index contributed by atoms with van der Waals surface area (Å²) in [6.07, 6.45) is 5.56. The van der Waals surface area contributed by atoms with Crippen LogP contribution in [-0.4, -0.2) is 112 Å². The summed E-state index contributed by atoms with van der Waals surface area (Å²) in [4.78, 5) is 2.03. The third-order valence-electron chi connectivity index (χ3n) is 4.98. The van der Waals surface area contributed by atoms with Crippen molar-refractivity contribution >= 4 is 20.8 Å². The molecule has 0 bridgehead atoms. The van der Waals surface area contributed by atoms with Crippen molar-refractivity contribution in [2.45, 2.75) is 6.42 Å². The summed E-state index contributed by atoms with van der Waals surface area (Å²) in [6, 6.07) is 0. The molecule has 0 aromatic heterocycles. The van der Waals surface area contributed by atoms with E-state index in [4.69, 9.17) is 13.8 Å². The Bertz CT molecular complexity index is 1040. The maximum Gasteiger partial charge on any atom is 0.397 e. The molecule has 224 valence electrons. The molecular weight excluding hydrogens is 571 g/mol. The molecule has 0 spiro atoms. The van der Waals surface area contributed by atoms with Gasteiger partial charge in [0.15, 0.2) is 0 Å². The van der Waals surface area contributed by atoms with Gasteiger partial charge >= 0.3 is 20.8 Å². The number of alkyl halides is 1. The van der Waals surface area contributed by atoms with Crippen LogP contribution >= 0.6 is 0 Å². The predicted octanol–water partition coefficient (Wildman–Crippen LogP) is -3.24. The van der Waals surface area contributed by atoms with E-state index in [1.165, 1.54) is 0 Å². The number of nitrogens with one attached hydrogen (secondary N) is 6. The molecule has 8 N–H and O–H groups in total. The quantitative estimate of drug-likeness (QED) is 0.0536. The highest BCUT2D eigenvalue weighted by molar-refractivity contribution is 7.81. The van der Waals surface area contributed by atoms with Crippen LogP contribution in [0.1, 0.15) is 6.42 Å². The topological polar surface area (TPSA) is 222 Å². The van der Waals surface area contributed by atoms with Gasteiger partial charge in [0.1, 0.15) is 6.73 Å². The fourth-order valence-electron chi connectivity index (χ4n) is 3.43. The summed E-state index contributed by atoms with van der Waals surface area (Å²) in [5.74, 6) is 0. The first kappa shape index (κ1) is 31.0. The summed E-state index contributed by atoms with van der Waals surface area (Å²) in [5.41, 5.74) is 19.9. The number of hydrogen-bond acceptors (Lipinski definition) is 17. The second kappa shape index (κ2) is 14.8. The van der Waals surface area contributed by atoms with Crippen molar-refractivity contribution in [2.24, 2.45) is 0 Å². The number of halogens is 1. The lowest BCUT2D eigenvalue weighted by Gasteiger charge is -2.23. The molecule has 3 aliphatic rings. The molecule has 39 heavy (non-hydrogen) atoms. The Labute approximate surface area is 225 Å². The van der Waals surface area contributed by atoms with Gasteiger partial charge in [-0.05, 0) is 6.42 Å². The first-order chi connectivity index (χ1) is 18.5. The molecule has 0 unspecified atom stereocenters. The van der Waals surface area contributed by atoms with Gasteiger partial charge < -0.3 is 21.0 Å². The Kier molecular flexibility index (Phi) is 11.7. The minimum absolute atomic E-state index is 0.126. The van der Waals surface area contributed by atoms with Crippen LogP contribution in [0.2, 0.25) is 0 Å². The summed E-state index contributed by atoms with van der Waals surface area (Å²) in [7, 11) is -9.06. The maximum atomic E-state index is 12.2. The van der Waals surface area contributed by atoms with Crippen LogP contribution in [0.3, 0.4) is 0 Å². The van der Waals surface area contributed by atoms with E-state index in [0.29, 0.717) is 32.7 Å².